The van der Waals surface area contributed by atoms with Crippen molar-refractivity contribution < 1.29 is 23.0 Å². The van der Waals surface area contributed by atoms with Gasteiger partial charge in [-0.15, -0.1) is 0 Å². The van der Waals surface area contributed by atoms with Crippen LogP contribution in [0.1, 0.15) is 88.6 Å². The Morgan fingerprint density at radius 1 is 1.06 bits per heavy atom. The molecule has 9 heteroatoms. The standard InChI is InChI=1S/C19H22F2N4O3.C5H12.C3H8/c1-11(6-7-25(2)3)14-9-23-17(19(26)28-5)16(24-14)12-8-13(18(20)21)22-10-15(12)27-4;1-4-5(2)3;1-3-2/h6-11,18H,1-5H3;5H,4H2,1-3H3;3H2,1-2H3/b7-6-;;. The molecule has 0 spiro atoms. The predicted octanol–water partition coefficient (Wildman–Crippen LogP) is 6.92. The van der Waals surface area contributed by atoms with Crippen molar-refractivity contribution in [2.24, 2.45) is 5.92 Å². The Morgan fingerprint density at radius 2 is 1.64 bits per heavy atom. The second-order valence-electron chi connectivity index (χ2n) is 8.70. The molecule has 7 nitrogen and oxygen atoms in total. The molecule has 0 aromatic carbocycles. The van der Waals surface area contributed by atoms with Crippen molar-refractivity contribution in [1.82, 2.24) is 19.9 Å². The van der Waals surface area contributed by atoms with Gasteiger partial charge < -0.3 is 14.4 Å². The molecule has 202 valence electrons. The molecule has 0 N–H and O–H groups in total. The zero-order valence-electron chi connectivity index (χ0n) is 23.3. The second kappa shape index (κ2) is 17.3. The fourth-order valence-corrected chi connectivity index (χ4v) is 2.38. The molecule has 0 aliphatic heterocycles. The van der Waals surface area contributed by atoms with Crippen molar-refractivity contribution in [3.63, 3.8) is 0 Å². The van der Waals surface area contributed by atoms with Gasteiger partial charge in [0.25, 0.3) is 6.43 Å². The van der Waals surface area contributed by atoms with Crippen LogP contribution in [-0.4, -0.2) is 54.1 Å². The molecule has 2 rings (SSSR count). The van der Waals surface area contributed by atoms with E-state index in [9.17, 15) is 13.6 Å². The van der Waals surface area contributed by atoms with Gasteiger partial charge in [0.1, 0.15) is 17.1 Å². The summed E-state index contributed by atoms with van der Waals surface area (Å²) in [7, 11) is 6.35. The van der Waals surface area contributed by atoms with Gasteiger partial charge in [0.15, 0.2) is 5.69 Å². The first-order valence-corrected chi connectivity index (χ1v) is 12.1. The molecular formula is C27H42F2N4O3. The van der Waals surface area contributed by atoms with Gasteiger partial charge in [-0.2, -0.15) is 0 Å². The van der Waals surface area contributed by atoms with E-state index in [2.05, 4.69) is 49.6 Å². The van der Waals surface area contributed by atoms with E-state index in [-0.39, 0.29) is 28.6 Å². The number of aromatic nitrogens is 3. The van der Waals surface area contributed by atoms with E-state index >= 15 is 0 Å². The number of rotatable bonds is 8. The fourth-order valence-electron chi connectivity index (χ4n) is 2.38. The first kappa shape index (κ1) is 32.9. The highest BCUT2D eigenvalue weighted by molar-refractivity contribution is 5.94. The van der Waals surface area contributed by atoms with Gasteiger partial charge in [-0.05, 0) is 18.2 Å². The maximum absolute atomic E-state index is 13.2. The quantitative estimate of drug-likeness (QED) is 0.358. The SMILES string of the molecule is CCC.CCC(C)C.COC(=O)c1ncc(C(C)/C=C\N(C)C)nc1-c1cc(C(F)F)ncc1OC. The number of hydrogen-bond donors (Lipinski definition) is 0. The van der Waals surface area contributed by atoms with E-state index in [4.69, 9.17) is 9.47 Å². The van der Waals surface area contributed by atoms with E-state index in [1.807, 2.05) is 38.2 Å². The summed E-state index contributed by atoms with van der Waals surface area (Å²) in [5.74, 6) is 0.207. The molecule has 0 amide bonds. The highest BCUT2D eigenvalue weighted by atomic mass is 19.3. The third-order valence-corrected chi connectivity index (χ3v) is 4.71. The Morgan fingerprint density at radius 3 is 2.08 bits per heavy atom. The van der Waals surface area contributed by atoms with E-state index in [1.165, 1.54) is 39.5 Å². The van der Waals surface area contributed by atoms with Gasteiger partial charge in [-0.25, -0.2) is 23.5 Å². The summed E-state index contributed by atoms with van der Waals surface area (Å²) in [6, 6.07) is 1.14. The monoisotopic (exact) mass is 508 g/mol. The number of halogens is 2. The van der Waals surface area contributed by atoms with Crippen molar-refractivity contribution in [3.8, 4) is 17.0 Å². The number of nitrogens with zero attached hydrogens (tertiary/aromatic N) is 4. The van der Waals surface area contributed by atoms with E-state index in [1.54, 1.807) is 0 Å². The number of pyridine rings is 1. The topological polar surface area (TPSA) is 77.4 Å². The Bertz CT molecular complexity index is 951. The Labute approximate surface area is 215 Å². The maximum Gasteiger partial charge on any atom is 0.358 e. The van der Waals surface area contributed by atoms with Crippen molar-refractivity contribution in [3.05, 3.63) is 47.8 Å². The van der Waals surface area contributed by atoms with Crippen LogP contribution in [0.15, 0.2) is 30.7 Å². The first-order chi connectivity index (χ1) is 17.0. The fraction of sp³-hybridized carbons (Fsp3) is 0.556. The lowest BCUT2D eigenvalue weighted by molar-refractivity contribution is 0.0594. The number of methoxy groups -OCH3 is 2. The maximum atomic E-state index is 13.2. The van der Waals surface area contributed by atoms with Crippen LogP contribution in [0.3, 0.4) is 0 Å². The molecule has 0 aliphatic rings. The zero-order valence-corrected chi connectivity index (χ0v) is 23.3. The van der Waals surface area contributed by atoms with Crippen molar-refractivity contribution in [2.75, 3.05) is 28.3 Å². The minimum absolute atomic E-state index is 0.0932. The average Bonchev–Trinajstić information content (AvgIpc) is 2.86. The third-order valence-electron chi connectivity index (χ3n) is 4.71. The molecule has 0 saturated carbocycles. The summed E-state index contributed by atoms with van der Waals surface area (Å²) in [5, 5.41) is 0. The van der Waals surface area contributed by atoms with E-state index < -0.39 is 18.1 Å². The largest absolute Gasteiger partial charge is 0.494 e. The minimum atomic E-state index is -2.79. The van der Waals surface area contributed by atoms with Crippen molar-refractivity contribution >= 4 is 5.97 Å². The molecule has 0 bridgehead atoms. The molecule has 36 heavy (non-hydrogen) atoms. The van der Waals surface area contributed by atoms with Crippen LogP contribution in [0.5, 0.6) is 5.75 Å². The van der Waals surface area contributed by atoms with Crippen LogP contribution in [0, 0.1) is 5.92 Å². The molecule has 2 heterocycles. The van der Waals surface area contributed by atoms with Crippen LogP contribution in [0.4, 0.5) is 8.78 Å². The molecule has 1 unspecified atom stereocenters. The van der Waals surface area contributed by atoms with Crippen molar-refractivity contribution in [2.45, 2.75) is 66.7 Å². The number of ether oxygens (including phenoxy) is 2. The van der Waals surface area contributed by atoms with Crippen LogP contribution >= 0.6 is 0 Å². The molecule has 2 aromatic rings. The van der Waals surface area contributed by atoms with Gasteiger partial charge in [0.05, 0.1) is 32.3 Å². The molecule has 0 aliphatic carbocycles. The van der Waals surface area contributed by atoms with Crippen LogP contribution in [0.25, 0.3) is 11.3 Å². The summed E-state index contributed by atoms with van der Waals surface area (Å²) in [4.78, 5) is 26.4. The van der Waals surface area contributed by atoms with E-state index in [0.29, 0.717) is 5.69 Å². The smallest absolute Gasteiger partial charge is 0.358 e. The van der Waals surface area contributed by atoms with Gasteiger partial charge in [-0.1, -0.05) is 60.5 Å². The lowest BCUT2D eigenvalue weighted by atomic mass is 10.1. The number of esters is 1. The summed E-state index contributed by atoms with van der Waals surface area (Å²) < 4.78 is 36.3. The number of hydrogen-bond acceptors (Lipinski definition) is 7. The summed E-state index contributed by atoms with van der Waals surface area (Å²) in [6.45, 7) is 12.8. The van der Waals surface area contributed by atoms with Gasteiger partial charge in [0, 0.05) is 25.6 Å². The van der Waals surface area contributed by atoms with Crippen LogP contribution in [0.2, 0.25) is 0 Å². The molecule has 2 aromatic heterocycles. The number of alkyl halides is 2. The van der Waals surface area contributed by atoms with E-state index in [0.717, 1.165) is 12.0 Å². The molecule has 0 saturated heterocycles. The number of carbonyl (C=O) groups excluding carboxylic acids is 1. The Balaban J connectivity index is 0.00000134. The Kier molecular flexibility index (Phi) is 15.9. The first-order valence-electron chi connectivity index (χ1n) is 12.1. The Hall–Kier alpha value is -3.10. The second-order valence-corrected chi connectivity index (χ2v) is 8.70. The minimum Gasteiger partial charge on any atom is -0.494 e. The summed E-state index contributed by atoms with van der Waals surface area (Å²) in [6.07, 6.45) is 6.16. The highest BCUT2D eigenvalue weighted by Crippen LogP contribution is 2.33. The summed E-state index contributed by atoms with van der Waals surface area (Å²) in [5.41, 5.74) is 0.277. The average molecular weight is 509 g/mol. The van der Waals surface area contributed by atoms with Crippen LogP contribution in [-0.2, 0) is 4.74 Å². The zero-order chi connectivity index (χ0) is 27.8. The van der Waals surface area contributed by atoms with Crippen molar-refractivity contribution in [1.29, 1.82) is 0 Å². The summed E-state index contributed by atoms with van der Waals surface area (Å²) >= 11 is 0. The highest BCUT2D eigenvalue weighted by Gasteiger charge is 2.23. The lowest BCUT2D eigenvalue weighted by Gasteiger charge is -2.15. The van der Waals surface area contributed by atoms with Gasteiger partial charge in [0.2, 0.25) is 0 Å². The molecule has 0 radical (unpaired) electrons. The molecule has 0 fully saturated rings. The van der Waals surface area contributed by atoms with Crippen LogP contribution < -0.4 is 4.74 Å². The molecule has 1 atom stereocenters. The normalized spacial score (nSPS) is 11.4. The predicted molar refractivity (Wildman–Crippen MR) is 140 cm³/mol. The third kappa shape index (κ3) is 11.1. The lowest BCUT2D eigenvalue weighted by Crippen LogP contribution is -2.11. The number of carbonyl (C=O) groups is 1. The number of allylic oxidation sites excluding steroid dienone is 1. The molecular weight excluding hydrogens is 466 g/mol. The van der Waals surface area contributed by atoms with Gasteiger partial charge >= 0.3 is 5.97 Å². The van der Waals surface area contributed by atoms with Gasteiger partial charge in [-0.3, -0.25) is 4.98 Å².